The Morgan fingerprint density at radius 1 is 1.38 bits per heavy atom. The van der Waals surface area contributed by atoms with Gasteiger partial charge in [-0.05, 0) is 20.3 Å². The van der Waals surface area contributed by atoms with E-state index in [-0.39, 0.29) is 10.6 Å². The molecule has 0 saturated carbocycles. The molecule has 2 heterocycles. The van der Waals surface area contributed by atoms with Crippen LogP contribution in [0.25, 0.3) is 0 Å². The van der Waals surface area contributed by atoms with Crippen molar-refractivity contribution < 1.29 is 10.0 Å². The summed E-state index contributed by atoms with van der Waals surface area (Å²) in [6.07, 6.45) is 0.453. The van der Waals surface area contributed by atoms with Crippen molar-refractivity contribution in [2.45, 2.75) is 39.3 Å². The van der Waals surface area contributed by atoms with Gasteiger partial charge in [0.1, 0.15) is 0 Å². The van der Waals surface area contributed by atoms with E-state index in [9.17, 15) is 15.2 Å². The molecular formula is C14H23N3O3S. The summed E-state index contributed by atoms with van der Waals surface area (Å²) >= 11 is 1.33. The van der Waals surface area contributed by atoms with Crippen LogP contribution in [0.4, 0.5) is 10.7 Å². The average molecular weight is 313 g/mol. The molecular weight excluding hydrogens is 290 g/mol. The molecule has 1 N–H and O–H groups in total. The highest BCUT2D eigenvalue weighted by Gasteiger charge is 2.28. The van der Waals surface area contributed by atoms with Gasteiger partial charge in [0.2, 0.25) is 0 Å². The molecule has 0 amide bonds. The number of rotatable bonds is 5. The third-order valence-corrected chi connectivity index (χ3v) is 5.49. The molecule has 0 bridgehead atoms. The van der Waals surface area contributed by atoms with Crippen molar-refractivity contribution in [2.75, 3.05) is 31.1 Å². The number of thiophene rings is 1. The van der Waals surface area contributed by atoms with Crippen molar-refractivity contribution in [1.29, 1.82) is 0 Å². The van der Waals surface area contributed by atoms with Gasteiger partial charge in [0.15, 0.2) is 5.00 Å². The van der Waals surface area contributed by atoms with Gasteiger partial charge < -0.3 is 10.0 Å². The van der Waals surface area contributed by atoms with Gasteiger partial charge >= 0.3 is 5.69 Å². The monoisotopic (exact) mass is 313 g/mol. The van der Waals surface area contributed by atoms with Crippen LogP contribution in [0.5, 0.6) is 0 Å². The Hall–Kier alpha value is -1.18. The van der Waals surface area contributed by atoms with Crippen molar-refractivity contribution in [3.8, 4) is 0 Å². The van der Waals surface area contributed by atoms with E-state index in [0.717, 1.165) is 32.6 Å². The van der Waals surface area contributed by atoms with E-state index < -0.39 is 6.10 Å². The fourth-order valence-corrected chi connectivity index (χ4v) is 3.69. The van der Waals surface area contributed by atoms with E-state index in [1.54, 1.807) is 6.92 Å². The van der Waals surface area contributed by atoms with Gasteiger partial charge in [-0.25, -0.2) is 0 Å². The first-order valence-corrected chi connectivity index (χ1v) is 8.20. The summed E-state index contributed by atoms with van der Waals surface area (Å²) in [4.78, 5) is 16.0. The van der Waals surface area contributed by atoms with Crippen LogP contribution in [0.1, 0.15) is 38.2 Å². The molecule has 1 aromatic heterocycles. The molecule has 1 unspecified atom stereocenters. The van der Waals surface area contributed by atoms with Gasteiger partial charge in [0.05, 0.1) is 11.0 Å². The minimum atomic E-state index is -0.663. The first-order chi connectivity index (χ1) is 9.93. The molecule has 1 saturated heterocycles. The topological polar surface area (TPSA) is 69.8 Å². The summed E-state index contributed by atoms with van der Waals surface area (Å²) in [5.74, 6) is 0. The van der Waals surface area contributed by atoms with Gasteiger partial charge in [-0.1, -0.05) is 6.92 Å². The van der Waals surface area contributed by atoms with Gasteiger partial charge in [-0.3, -0.25) is 15.0 Å². The molecule has 7 heteroatoms. The van der Waals surface area contributed by atoms with E-state index in [1.165, 1.54) is 17.4 Å². The summed E-state index contributed by atoms with van der Waals surface area (Å²) in [5.41, 5.74) is 0.118. The van der Waals surface area contributed by atoms with E-state index in [2.05, 4.69) is 23.6 Å². The van der Waals surface area contributed by atoms with Crippen molar-refractivity contribution in [3.63, 3.8) is 0 Å². The van der Waals surface area contributed by atoms with E-state index in [4.69, 9.17) is 0 Å². The smallest absolute Gasteiger partial charge is 0.304 e. The maximum Gasteiger partial charge on any atom is 0.304 e. The highest BCUT2D eigenvalue weighted by Crippen LogP contribution is 2.40. The molecule has 0 spiro atoms. The molecule has 1 aliphatic heterocycles. The molecule has 1 aliphatic rings. The molecule has 118 valence electrons. The maximum atomic E-state index is 11.2. The Morgan fingerprint density at radius 3 is 2.48 bits per heavy atom. The van der Waals surface area contributed by atoms with Crippen LogP contribution in [0.15, 0.2) is 6.07 Å². The van der Waals surface area contributed by atoms with Crippen molar-refractivity contribution in [1.82, 2.24) is 4.90 Å². The van der Waals surface area contributed by atoms with Gasteiger partial charge in [-0.2, -0.15) is 0 Å². The SMILES string of the molecule is CCC(C)N1CCN(c2sc([C@H](C)O)cc2[N+](=O)[O-])CC1. The van der Waals surface area contributed by atoms with Crippen molar-refractivity contribution >= 4 is 22.0 Å². The lowest BCUT2D eigenvalue weighted by atomic mass is 10.2. The number of piperazine rings is 1. The summed E-state index contributed by atoms with van der Waals surface area (Å²) < 4.78 is 0. The van der Waals surface area contributed by atoms with Crippen LogP contribution in [0, 0.1) is 10.1 Å². The van der Waals surface area contributed by atoms with Crippen molar-refractivity contribution in [2.24, 2.45) is 0 Å². The van der Waals surface area contributed by atoms with E-state index >= 15 is 0 Å². The molecule has 0 radical (unpaired) electrons. The number of anilines is 1. The third-order valence-electron chi connectivity index (χ3n) is 4.14. The number of aliphatic hydroxyl groups is 1. The average Bonchev–Trinajstić information content (AvgIpc) is 2.92. The van der Waals surface area contributed by atoms with Crippen LogP contribution < -0.4 is 4.90 Å². The largest absolute Gasteiger partial charge is 0.388 e. The number of aliphatic hydroxyl groups excluding tert-OH is 1. The van der Waals surface area contributed by atoms with Crippen molar-refractivity contribution in [3.05, 3.63) is 21.1 Å². The summed E-state index contributed by atoms with van der Waals surface area (Å²) in [5, 5.41) is 21.5. The second-order valence-electron chi connectivity index (χ2n) is 5.55. The minimum absolute atomic E-state index is 0.118. The first-order valence-electron chi connectivity index (χ1n) is 7.39. The molecule has 21 heavy (non-hydrogen) atoms. The lowest BCUT2D eigenvalue weighted by Gasteiger charge is -2.38. The highest BCUT2D eigenvalue weighted by atomic mass is 32.1. The zero-order valence-electron chi connectivity index (χ0n) is 12.8. The zero-order chi connectivity index (χ0) is 15.6. The normalized spacial score (nSPS) is 19.5. The summed E-state index contributed by atoms with van der Waals surface area (Å²) in [6, 6.07) is 2.06. The summed E-state index contributed by atoms with van der Waals surface area (Å²) in [7, 11) is 0. The standard InChI is InChI=1S/C14H23N3O3S/c1-4-10(2)15-5-7-16(8-6-15)14-12(17(19)20)9-13(21-14)11(3)18/h9-11,18H,4-8H2,1-3H3/t10?,11-/m0/s1. The fraction of sp³-hybridized carbons (Fsp3) is 0.714. The van der Waals surface area contributed by atoms with Gasteiger partial charge in [-0.15, -0.1) is 11.3 Å². The highest BCUT2D eigenvalue weighted by molar-refractivity contribution is 7.16. The second kappa shape index (κ2) is 6.72. The quantitative estimate of drug-likeness (QED) is 0.668. The Morgan fingerprint density at radius 2 is 2.00 bits per heavy atom. The maximum absolute atomic E-state index is 11.2. The number of nitro groups is 1. The number of hydrogen-bond acceptors (Lipinski definition) is 6. The molecule has 1 aromatic rings. The lowest BCUT2D eigenvalue weighted by Crippen LogP contribution is -2.49. The lowest BCUT2D eigenvalue weighted by molar-refractivity contribution is -0.383. The first kappa shape index (κ1) is 16.2. The van der Waals surface area contributed by atoms with Crippen LogP contribution in [-0.2, 0) is 0 Å². The zero-order valence-corrected chi connectivity index (χ0v) is 13.6. The Labute approximate surface area is 129 Å². The van der Waals surface area contributed by atoms with Gasteiger partial charge in [0, 0.05) is 43.2 Å². The Bertz CT molecular complexity index is 496. The van der Waals surface area contributed by atoms with E-state index in [1.807, 2.05) is 0 Å². The van der Waals surface area contributed by atoms with Crippen LogP contribution in [0.3, 0.4) is 0 Å². The Balaban J connectivity index is 2.14. The second-order valence-corrected chi connectivity index (χ2v) is 6.61. The molecule has 6 nitrogen and oxygen atoms in total. The predicted octanol–water partition coefficient (Wildman–Crippen LogP) is 2.63. The molecule has 2 rings (SSSR count). The Kier molecular flexibility index (Phi) is 5.18. The van der Waals surface area contributed by atoms with Crippen LogP contribution in [-0.4, -0.2) is 47.2 Å². The molecule has 1 fully saturated rings. The summed E-state index contributed by atoms with van der Waals surface area (Å²) in [6.45, 7) is 9.48. The van der Waals surface area contributed by atoms with Gasteiger partial charge in [0.25, 0.3) is 0 Å². The minimum Gasteiger partial charge on any atom is -0.388 e. The van der Waals surface area contributed by atoms with Crippen LogP contribution in [0.2, 0.25) is 0 Å². The number of nitrogens with zero attached hydrogens (tertiary/aromatic N) is 3. The molecule has 0 aliphatic carbocycles. The fourth-order valence-electron chi connectivity index (χ4n) is 2.58. The van der Waals surface area contributed by atoms with Crippen LogP contribution >= 0.6 is 11.3 Å². The third kappa shape index (κ3) is 3.53. The molecule has 2 atom stereocenters. The predicted molar refractivity (Wildman–Crippen MR) is 85.1 cm³/mol. The number of hydrogen-bond donors (Lipinski definition) is 1. The molecule has 0 aromatic carbocycles. The van der Waals surface area contributed by atoms with E-state index in [0.29, 0.717) is 15.9 Å².